The quantitative estimate of drug-likeness (QED) is 0.149. The Morgan fingerprint density at radius 2 is 1.00 bits per heavy atom. The standard InChI is InChI=1S/C46H35N/c1-3-17-34(4-2)41-30-28-39(32-44(41)37-20-10-6-11-21-37)47(46-27-16-25-36-24-14-15-26-43(36)46)40-29-31-42(35-18-8-5-9-19-35)45(33-40)38-22-12-7-13-23-38/h3-33H,1-2H2/b34-17+. The van der Waals surface area contributed by atoms with Gasteiger partial charge in [-0.1, -0.05) is 171 Å². The Kier molecular flexibility index (Phi) is 8.44. The molecule has 7 rings (SSSR count). The molecule has 0 aliphatic heterocycles. The minimum atomic E-state index is 1.03. The number of allylic oxidation sites excluding steroid dienone is 4. The molecule has 7 aromatic rings. The van der Waals surface area contributed by atoms with Crippen LogP contribution in [0.2, 0.25) is 0 Å². The molecule has 0 heterocycles. The third-order valence-electron chi connectivity index (χ3n) is 8.61. The summed E-state index contributed by atoms with van der Waals surface area (Å²) < 4.78 is 0. The van der Waals surface area contributed by atoms with Crippen LogP contribution in [0.25, 0.3) is 49.7 Å². The number of fused-ring (bicyclic) bond motifs is 1. The van der Waals surface area contributed by atoms with E-state index in [9.17, 15) is 0 Å². The van der Waals surface area contributed by atoms with Crippen molar-refractivity contribution in [3.63, 3.8) is 0 Å². The monoisotopic (exact) mass is 601 g/mol. The van der Waals surface area contributed by atoms with Crippen molar-refractivity contribution in [2.24, 2.45) is 0 Å². The maximum absolute atomic E-state index is 4.12. The zero-order chi connectivity index (χ0) is 32.0. The van der Waals surface area contributed by atoms with Gasteiger partial charge in [-0.05, 0) is 80.2 Å². The van der Waals surface area contributed by atoms with Gasteiger partial charge in [0.15, 0.2) is 0 Å². The van der Waals surface area contributed by atoms with Crippen molar-refractivity contribution in [3.8, 4) is 33.4 Å². The second-order valence-corrected chi connectivity index (χ2v) is 11.5. The first-order valence-corrected chi connectivity index (χ1v) is 15.9. The molecule has 224 valence electrons. The minimum absolute atomic E-state index is 1.03. The van der Waals surface area contributed by atoms with Crippen LogP contribution in [0.3, 0.4) is 0 Å². The fraction of sp³-hybridized carbons (Fsp3) is 0. The molecule has 1 nitrogen and oxygen atoms in total. The molecule has 0 fully saturated rings. The van der Waals surface area contributed by atoms with E-state index in [-0.39, 0.29) is 0 Å². The summed E-state index contributed by atoms with van der Waals surface area (Å²) >= 11 is 0. The fourth-order valence-electron chi connectivity index (χ4n) is 6.40. The number of hydrogen-bond acceptors (Lipinski definition) is 1. The van der Waals surface area contributed by atoms with E-state index in [1.54, 1.807) is 0 Å². The van der Waals surface area contributed by atoms with Crippen LogP contribution >= 0.6 is 0 Å². The van der Waals surface area contributed by atoms with Crippen LogP contribution in [-0.4, -0.2) is 0 Å². The molecule has 1 heteroatoms. The third kappa shape index (κ3) is 5.95. The molecule has 0 N–H and O–H groups in total. The van der Waals surface area contributed by atoms with Crippen LogP contribution < -0.4 is 4.90 Å². The van der Waals surface area contributed by atoms with E-state index in [1.807, 2.05) is 18.2 Å². The van der Waals surface area contributed by atoms with Crippen molar-refractivity contribution in [2.75, 3.05) is 4.90 Å². The molecule has 0 amide bonds. The maximum atomic E-state index is 4.12. The lowest BCUT2D eigenvalue weighted by molar-refractivity contribution is 1.29. The largest absolute Gasteiger partial charge is 0.310 e. The van der Waals surface area contributed by atoms with Crippen molar-refractivity contribution in [2.45, 2.75) is 0 Å². The smallest absolute Gasteiger partial charge is 0.0540 e. The van der Waals surface area contributed by atoms with Crippen LogP contribution in [-0.2, 0) is 0 Å². The van der Waals surface area contributed by atoms with Crippen molar-refractivity contribution < 1.29 is 0 Å². The van der Waals surface area contributed by atoms with Crippen LogP contribution in [0.15, 0.2) is 201 Å². The molecule has 7 aromatic carbocycles. The Balaban J connectivity index is 1.51. The summed E-state index contributed by atoms with van der Waals surface area (Å²) in [7, 11) is 0. The lowest BCUT2D eigenvalue weighted by Gasteiger charge is -2.29. The second-order valence-electron chi connectivity index (χ2n) is 11.5. The normalized spacial score (nSPS) is 11.3. The third-order valence-corrected chi connectivity index (χ3v) is 8.61. The van der Waals surface area contributed by atoms with Crippen molar-refractivity contribution in [1.29, 1.82) is 0 Å². The lowest BCUT2D eigenvalue weighted by atomic mass is 9.92. The molecule has 0 atom stereocenters. The van der Waals surface area contributed by atoms with Gasteiger partial charge in [-0.15, -0.1) is 0 Å². The summed E-state index contributed by atoms with van der Waals surface area (Å²) in [6.07, 6.45) is 5.74. The highest BCUT2D eigenvalue weighted by Gasteiger charge is 2.20. The Labute approximate surface area is 277 Å². The van der Waals surface area contributed by atoms with E-state index in [1.165, 1.54) is 33.0 Å². The van der Waals surface area contributed by atoms with Crippen LogP contribution in [0, 0.1) is 0 Å². The van der Waals surface area contributed by atoms with E-state index in [2.05, 4.69) is 188 Å². The zero-order valence-electron chi connectivity index (χ0n) is 26.3. The first kappa shape index (κ1) is 29.5. The molecule has 0 aromatic heterocycles. The number of anilines is 3. The highest BCUT2D eigenvalue weighted by Crippen LogP contribution is 2.44. The highest BCUT2D eigenvalue weighted by molar-refractivity contribution is 6.01. The van der Waals surface area contributed by atoms with Gasteiger partial charge in [0.1, 0.15) is 0 Å². The van der Waals surface area contributed by atoms with Crippen molar-refractivity contribution in [1.82, 2.24) is 0 Å². The number of benzene rings is 7. The van der Waals surface area contributed by atoms with Crippen molar-refractivity contribution >= 4 is 33.4 Å². The number of rotatable bonds is 9. The first-order chi connectivity index (χ1) is 23.2. The van der Waals surface area contributed by atoms with Gasteiger partial charge < -0.3 is 4.90 Å². The Morgan fingerprint density at radius 1 is 0.468 bits per heavy atom. The Hall–Kier alpha value is -6.18. The molecule has 0 bridgehead atoms. The second kappa shape index (κ2) is 13.4. The van der Waals surface area contributed by atoms with Gasteiger partial charge in [0, 0.05) is 16.8 Å². The molecule has 0 aliphatic rings. The molecule has 0 spiro atoms. The van der Waals surface area contributed by atoms with Gasteiger partial charge in [0.05, 0.1) is 5.69 Å². The van der Waals surface area contributed by atoms with E-state index < -0.39 is 0 Å². The predicted molar refractivity (Wildman–Crippen MR) is 203 cm³/mol. The summed E-state index contributed by atoms with van der Waals surface area (Å²) in [5, 5.41) is 2.38. The van der Waals surface area contributed by atoms with Crippen LogP contribution in [0.1, 0.15) is 5.56 Å². The van der Waals surface area contributed by atoms with Gasteiger partial charge in [-0.3, -0.25) is 0 Å². The summed E-state index contributed by atoms with van der Waals surface area (Å²) in [6, 6.07) is 60.6. The Morgan fingerprint density at radius 3 is 1.64 bits per heavy atom. The number of hydrogen-bond donors (Lipinski definition) is 0. The molecule has 0 aliphatic carbocycles. The molecule has 0 unspecified atom stereocenters. The summed E-state index contributed by atoms with van der Waals surface area (Å²) in [5.74, 6) is 0. The lowest BCUT2D eigenvalue weighted by Crippen LogP contribution is -2.11. The van der Waals surface area contributed by atoms with Crippen LogP contribution in [0.5, 0.6) is 0 Å². The summed E-state index contributed by atoms with van der Waals surface area (Å²) in [5.41, 5.74) is 12.4. The molecule has 0 radical (unpaired) electrons. The fourth-order valence-corrected chi connectivity index (χ4v) is 6.40. The van der Waals surface area contributed by atoms with Crippen LogP contribution in [0.4, 0.5) is 17.1 Å². The van der Waals surface area contributed by atoms with Gasteiger partial charge in [0.2, 0.25) is 0 Å². The van der Waals surface area contributed by atoms with Crippen molar-refractivity contribution in [3.05, 3.63) is 207 Å². The summed E-state index contributed by atoms with van der Waals surface area (Å²) in [4.78, 5) is 2.39. The van der Waals surface area contributed by atoms with Gasteiger partial charge in [0.25, 0.3) is 0 Å². The predicted octanol–water partition coefficient (Wildman–Crippen LogP) is 13.1. The average molecular weight is 602 g/mol. The van der Waals surface area contributed by atoms with E-state index in [4.69, 9.17) is 0 Å². The van der Waals surface area contributed by atoms with E-state index in [0.29, 0.717) is 0 Å². The average Bonchev–Trinajstić information content (AvgIpc) is 3.15. The van der Waals surface area contributed by atoms with Gasteiger partial charge in [-0.2, -0.15) is 0 Å². The number of nitrogens with zero attached hydrogens (tertiary/aromatic N) is 1. The Bertz CT molecular complexity index is 2200. The molecule has 0 saturated heterocycles. The van der Waals surface area contributed by atoms with Gasteiger partial charge >= 0.3 is 0 Å². The molecule has 0 saturated carbocycles. The zero-order valence-corrected chi connectivity index (χ0v) is 26.3. The molecule has 47 heavy (non-hydrogen) atoms. The first-order valence-electron chi connectivity index (χ1n) is 15.9. The topological polar surface area (TPSA) is 3.24 Å². The van der Waals surface area contributed by atoms with E-state index in [0.717, 1.165) is 39.3 Å². The summed E-state index contributed by atoms with van der Waals surface area (Å²) in [6.45, 7) is 8.08. The minimum Gasteiger partial charge on any atom is -0.310 e. The highest BCUT2D eigenvalue weighted by atomic mass is 15.1. The maximum Gasteiger partial charge on any atom is 0.0540 e. The SMILES string of the molecule is C=C/C=C(\C=C)c1ccc(N(c2ccc(-c3ccccc3)c(-c3ccccc3)c2)c2cccc3ccccc23)cc1-c1ccccc1. The van der Waals surface area contributed by atoms with E-state index >= 15 is 0 Å². The molecular weight excluding hydrogens is 567 g/mol. The van der Waals surface area contributed by atoms with Gasteiger partial charge in [-0.25, -0.2) is 0 Å². The molecular formula is C46H35N.